The highest BCUT2D eigenvalue weighted by molar-refractivity contribution is 5.71. The normalized spacial score (nSPS) is 15.1. The number of hydrogen-bond acceptors (Lipinski definition) is 4. The molecule has 3 aromatic carbocycles. The van der Waals surface area contributed by atoms with Gasteiger partial charge in [-0.1, -0.05) is 45.0 Å². The van der Waals surface area contributed by atoms with Gasteiger partial charge in [0.15, 0.2) is 11.6 Å². The number of hydrogen-bond donors (Lipinski definition) is 1. The van der Waals surface area contributed by atoms with Crippen molar-refractivity contribution in [3.8, 4) is 22.6 Å². The molecule has 1 aliphatic rings. The lowest BCUT2D eigenvalue weighted by Gasteiger charge is -2.32. The number of carbonyl (C=O) groups is 1. The van der Waals surface area contributed by atoms with Gasteiger partial charge < -0.3 is 19.3 Å². The smallest absolute Gasteiger partial charge is 0.303 e. The van der Waals surface area contributed by atoms with Crippen LogP contribution in [-0.2, 0) is 16.1 Å². The molecule has 0 saturated heterocycles. The Morgan fingerprint density at radius 3 is 2.36 bits per heavy atom. The van der Waals surface area contributed by atoms with Crippen molar-refractivity contribution in [2.45, 2.75) is 58.7 Å². The summed E-state index contributed by atoms with van der Waals surface area (Å²) in [6, 6.07) is 15.1. The van der Waals surface area contributed by atoms with Gasteiger partial charge in [0.25, 0.3) is 0 Å². The van der Waals surface area contributed by atoms with Crippen LogP contribution in [0.4, 0.5) is 8.78 Å². The predicted octanol–water partition coefficient (Wildman–Crippen LogP) is 7.92. The SMILES string of the molecule is COc1ccc(F)c(-c2ccc(COc3cccc([C@H](CC(=O)O)C4CC4)c3F)cc2[C@@H](OC)C(C)(C)C)c1. The zero-order valence-corrected chi connectivity index (χ0v) is 23.1. The molecule has 1 N–H and O–H groups in total. The Hall–Kier alpha value is -3.45. The second-order valence-electron chi connectivity index (χ2n) is 11.2. The fourth-order valence-corrected chi connectivity index (χ4v) is 5.25. The Labute approximate surface area is 228 Å². The minimum absolute atomic E-state index is 0.0713. The van der Waals surface area contributed by atoms with E-state index >= 15 is 4.39 Å². The van der Waals surface area contributed by atoms with Crippen molar-refractivity contribution in [1.82, 2.24) is 0 Å². The lowest BCUT2D eigenvalue weighted by molar-refractivity contribution is -0.137. The number of aliphatic carboxylic acids is 1. The Balaban J connectivity index is 1.67. The standard InChI is InChI=1S/C32H36F2O5/c1-32(2,3)31(38-5)26-15-19(9-13-22(26)25-16-21(37-4)12-14-27(25)33)18-39-28-8-6-7-23(30(28)34)24(17-29(35)36)20-10-11-20/h6-9,12-16,20,24,31H,10-11,17-18H2,1-5H3,(H,35,36)/t24-,31-/m1/s1. The van der Waals surface area contributed by atoms with Crippen molar-refractivity contribution < 1.29 is 32.9 Å². The highest BCUT2D eigenvalue weighted by Gasteiger charge is 2.36. The zero-order valence-electron chi connectivity index (χ0n) is 23.1. The summed E-state index contributed by atoms with van der Waals surface area (Å²) in [5, 5.41) is 9.34. The Bertz CT molecular complexity index is 1330. The molecule has 0 unspecified atom stereocenters. The second kappa shape index (κ2) is 11.7. The van der Waals surface area contributed by atoms with Crippen LogP contribution in [0.15, 0.2) is 54.6 Å². The molecule has 0 bridgehead atoms. The second-order valence-corrected chi connectivity index (χ2v) is 11.2. The molecule has 0 radical (unpaired) electrons. The first-order chi connectivity index (χ1) is 18.5. The van der Waals surface area contributed by atoms with Crippen LogP contribution in [0.2, 0.25) is 0 Å². The Kier molecular flexibility index (Phi) is 8.60. The molecular weight excluding hydrogens is 502 g/mol. The quantitative estimate of drug-likeness (QED) is 0.269. The molecule has 0 aromatic heterocycles. The molecule has 3 aromatic rings. The van der Waals surface area contributed by atoms with Crippen molar-refractivity contribution in [2.24, 2.45) is 11.3 Å². The van der Waals surface area contributed by atoms with Gasteiger partial charge in [-0.2, -0.15) is 0 Å². The van der Waals surface area contributed by atoms with Gasteiger partial charge in [0.1, 0.15) is 18.2 Å². The summed E-state index contributed by atoms with van der Waals surface area (Å²) in [5.74, 6) is -1.41. The van der Waals surface area contributed by atoms with Crippen molar-refractivity contribution in [2.75, 3.05) is 14.2 Å². The molecule has 7 heteroatoms. The number of ether oxygens (including phenoxy) is 3. The first-order valence-corrected chi connectivity index (χ1v) is 13.2. The van der Waals surface area contributed by atoms with Crippen LogP contribution in [0.25, 0.3) is 11.1 Å². The van der Waals surface area contributed by atoms with E-state index in [4.69, 9.17) is 14.2 Å². The zero-order chi connectivity index (χ0) is 28.3. The largest absolute Gasteiger partial charge is 0.497 e. The summed E-state index contributed by atoms with van der Waals surface area (Å²) in [6.45, 7) is 6.21. The van der Waals surface area contributed by atoms with Crippen LogP contribution in [0.1, 0.15) is 68.7 Å². The molecule has 0 aliphatic heterocycles. The minimum atomic E-state index is -0.941. The van der Waals surface area contributed by atoms with E-state index in [1.54, 1.807) is 37.4 Å². The van der Waals surface area contributed by atoms with Gasteiger partial charge in [-0.15, -0.1) is 0 Å². The summed E-state index contributed by atoms with van der Waals surface area (Å²) in [6.07, 6.45) is 1.33. The monoisotopic (exact) mass is 538 g/mol. The van der Waals surface area contributed by atoms with Gasteiger partial charge in [-0.3, -0.25) is 4.79 Å². The maximum absolute atomic E-state index is 15.5. The van der Waals surface area contributed by atoms with Crippen LogP contribution in [0.3, 0.4) is 0 Å². The average Bonchev–Trinajstić information content (AvgIpc) is 3.72. The highest BCUT2D eigenvalue weighted by Crippen LogP contribution is 2.46. The highest BCUT2D eigenvalue weighted by atomic mass is 19.1. The van der Waals surface area contributed by atoms with Crippen molar-refractivity contribution in [1.29, 1.82) is 0 Å². The summed E-state index contributed by atoms with van der Waals surface area (Å²) >= 11 is 0. The molecule has 1 aliphatic carbocycles. The lowest BCUT2D eigenvalue weighted by Crippen LogP contribution is -2.21. The van der Waals surface area contributed by atoms with Crippen LogP contribution in [0, 0.1) is 23.0 Å². The molecule has 2 atom stereocenters. The number of rotatable bonds is 11. The lowest BCUT2D eigenvalue weighted by atomic mass is 9.81. The number of carboxylic acids is 1. The van der Waals surface area contributed by atoms with E-state index < -0.39 is 11.8 Å². The number of carboxylic acid groups (broad SMARTS) is 1. The van der Waals surface area contributed by atoms with Crippen LogP contribution < -0.4 is 9.47 Å². The molecule has 39 heavy (non-hydrogen) atoms. The molecule has 0 heterocycles. The molecule has 0 amide bonds. The van der Waals surface area contributed by atoms with Gasteiger partial charge >= 0.3 is 5.97 Å². The molecule has 1 saturated carbocycles. The third-order valence-electron chi connectivity index (χ3n) is 7.26. The van der Waals surface area contributed by atoms with E-state index in [0.29, 0.717) is 22.4 Å². The van der Waals surface area contributed by atoms with Gasteiger partial charge in [0, 0.05) is 18.6 Å². The van der Waals surface area contributed by atoms with Crippen LogP contribution >= 0.6 is 0 Å². The minimum Gasteiger partial charge on any atom is -0.497 e. The molecule has 4 rings (SSSR count). The predicted molar refractivity (Wildman–Crippen MR) is 146 cm³/mol. The summed E-state index contributed by atoms with van der Waals surface area (Å²) in [5.41, 5.74) is 2.69. The van der Waals surface area contributed by atoms with E-state index in [1.807, 2.05) is 39.0 Å². The van der Waals surface area contributed by atoms with E-state index in [-0.39, 0.29) is 47.9 Å². The number of methoxy groups -OCH3 is 2. The van der Waals surface area contributed by atoms with Gasteiger partial charge in [0.05, 0.1) is 19.6 Å². The summed E-state index contributed by atoms with van der Waals surface area (Å²) in [7, 11) is 3.16. The fraction of sp³-hybridized carbons (Fsp3) is 0.406. The summed E-state index contributed by atoms with van der Waals surface area (Å²) in [4.78, 5) is 11.4. The van der Waals surface area contributed by atoms with E-state index in [0.717, 1.165) is 24.0 Å². The Morgan fingerprint density at radius 1 is 1.00 bits per heavy atom. The first-order valence-electron chi connectivity index (χ1n) is 13.2. The van der Waals surface area contributed by atoms with Crippen LogP contribution in [0.5, 0.6) is 11.5 Å². The van der Waals surface area contributed by atoms with Crippen LogP contribution in [-0.4, -0.2) is 25.3 Å². The molecule has 0 spiro atoms. The van der Waals surface area contributed by atoms with Crippen molar-refractivity contribution in [3.05, 3.63) is 82.9 Å². The maximum Gasteiger partial charge on any atom is 0.303 e. The topological polar surface area (TPSA) is 65.0 Å². The Morgan fingerprint density at radius 2 is 1.74 bits per heavy atom. The number of halogens is 2. The fourth-order valence-electron chi connectivity index (χ4n) is 5.25. The maximum atomic E-state index is 15.5. The number of benzene rings is 3. The van der Waals surface area contributed by atoms with Crippen molar-refractivity contribution >= 4 is 5.97 Å². The van der Waals surface area contributed by atoms with E-state index in [1.165, 1.54) is 13.2 Å². The van der Waals surface area contributed by atoms with E-state index in [9.17, 15) is 14.3 Å². The molecule has 5 nitrogen and oxygen atoms in total. The van der Waals surface area contributed by atoms with Gasteiger partial charge in [-0.05, 0) is 76.8 Å². The molecule has 1 fully saturated rings. The van der Waals surface area contributed by atoms with Gasteiger partial charge in [-0.25, -0.2) is 8.78 Å². The average molecular weight is 539 g/mol. The third-order valence-corrected chi connectivity index (χ3v) is 7.26. The van der Waals surface area contributed by atoms with Crippen molar-refractivity contribution in [3.63, 3.8) is 0 Å². The summed E-state index contributed by atoms with van der Waals surface area (Å²) < 4.78 is 47.6. The third kappa shape index (κ3) is 6.59. The molecular formula is C32H36F2O5. The first kappa shape index (κ1) is 28.6. The van der Waals surface area contributed by atoms with E-state index in [2.05, 4.69) is 0 Å². The van der Waals surface area contributed by atoms with Gasteiger partial charge in [0.2, 0.25) is 0 Å². The molecule has 208 valence electrons.